The summed E-state index contributed by atoms with van der Waals surface area (Å²) in [5, 5.41) is 0.191. The molecule has 1 heterocycles. The Bertz CT molecular complexity index is 551. The smallest absolute Gasteiger partial charge is 0.255 e. The van der Waals surface area contributed by atoms with E-state index in [4.69, 9.17) is 11.6 Å². The van der Waals surface area contributed by atoms with Gasteiger partial charge in [-0.05, 0) is 43.9 Å². The van der Waals surface area contributed by atoms with Crippen LogP contribution in [0.3, 0.4) is 0 Å². The molecule has 100 valence electrons. The number of hydrogen-bond donors (Lipinski definition) is 0. The number of halogens is 2. The fourth-order valence-corrected chi connectivity index (χ4v) is 2.83. The number of nitrogens with zero attached hydrogens (tertiary/aromatic N) is 1. The second-order valence-electron chi connectivity index (χ2n) is 5.12. The fraction of sp³-hybridized carbons (Fsp3) is 0.400. The summed E-state index contributed by atoms with van der Waals surface area (Å²) in [6.07, 6.45) is 4.43. The first kappa shape index (κ1) is 12.7. The van der Waals surface area contributed by atoms with Crippen molar-refractivity contribution in [3.05, 3.63) is 45.7 Å². The molecule has 3 rings (SSSR count). The topological polar surface area (TPSA) is 20.3 Å². The number of piperidine rings is 1. The predicted molar refractivity (Wildman–Crippen MR) is 72.8 cm³/mol. The zero-order valence-corrected chi connectivity index (χ0v) is 11.3. The van der Waals surface area contributed by atoms with E-state index in [0.717, 1.165) is 25.9 Å². The van der Waals surface area contributed by atoms with Crippen molar-refractivity contribution in [2.75, 3.05) is 13.1 Å². The molecular formula is C15H15ClFNO. The van der Waals surface area contributed by atoms with E-state index in [1.807, 2.05) is 4.90 Å². The van der Waals surface area contributed by atoms with E-state index in [1.54, 1.807) is 5.57 Å². The van der Waals surface area contributed by atoms with Crippen LogP contribution in [0.15, 0.2) is 29.3 Å². The minimum atomic E-state index is -0.416. The van der Waals surface area contributed by atoms with Gasteiger partial charge in [0.2, 0.25) is 0 Å². The maximum atomic E-state index is 13.0. The summed E-state index contributed by atoms with van der Waals surface area (Å²) in [5.41, 5.74) is 3.52. The molecule has 0 radical (unpaired) electrons. The molecule has 1 aromatic rings. The molecule has 1 saturated heterocycles. The van der Waals surface area contributed by atoms with E-state index >= 15 is 0 Å². The molecule has 0 bridgehead atoms. The Labute approximate surface area is 116 Å². The third-order valence-electron chi connectivity index (χ3n) is 3.82. The lowest BCUT2D eigenvalue weighted by molar-refractivity contribution is 0.0743. The van der Waals surface area contributed by atoms with E-state index in [9.17, 15) is 9.18 Å². The number of allylic oxidation sites excluding steroid dienone is 1. The van der Waals surface area contributed by atoms with Gasteiger partial charge in [-0.15, -0.1) is 0 Å². The molecule has 2 aliphatic rings. The largest absolute Gasteiger partial charge is 0.338 e. The van der Waals surface area contributed by atoms with Crippen LogP contribution in [0.1, 0.15) is 36.0 Å². The van der Waals surface area contributed by atoms with E-state index in [1.165, 1.54) is 36.6 Å². The highest BCUT2D eigenvalue weighted by Crippen LogP contribution is 2.36. The molecule has 1 saturated carbocycles. The van der Waals surface area contributed by atoms with Gasteiger partial charge in [-0.2, -0.15) is 0 Å². The summed E-state index contributed by atoms with van der Waals surface area (Å²) in [5.74, 6) is -0.509. The van der Waals surface area contributed by atoms with Crippen molar-refractivity contribution < 1.29 is 9.18 Å². The Balaban J connectivity index is 1.72. The number of rotatable bonds is 1. The van der Waals surface area contributed by atoms with Crippen molar-refractivity contribution in [2.24, 2.45) is 0 Å². The molecule has 0 spiro atoms. The van der Waals surface area contributed by atoms with Crippen LogP contribution in [0.25, 0.3) is 0 Å². The number of hydrogen-bond acceptors (Lipinski definition) is 1. The molecule has 0 atom stereocenters. The molecule has 2 fully saturated rings. The van der Waals surface area contributed by atoms with Crippen molar-refractivity contribution in [1.82, 2.24) is 4.90 Å². The van der Waals surface area contributed by atoms with Crippen LogP contribution >= 0.6 is 11.6 Å². The molecule has 0 aromatic heterocycles. The summed E-state index contributed by atoms with van der Waals surface area (Å²) in [7, 11) is 0. The summed E-state index contributed by atoms with van der Waals surface area (Å²) in [6.45, 7) is 1.48. The van der Waals surface area contributed by atoms with E-state index < -0.39 is 5.82 Å². The van der Waals surface area contributed by atoms with Crippen molar-refractivity contribution in [3.63, 3.8) is 0 Å². The van der Waals surface area contributed by atoms with Crippen molar-refractivity contribution in [2.45, 2.75) is 25.7 Å². The van der Waals surface area contributed by atoms with Gasteiger partial charge in [-0.3, -0.25) is 4.79 Å². The molecule has 2 nitrogen and oxygen atoms in total. The molecule has 4 heteroatoms. The van der Waals surface area contributed by atoms with Crippen molar-refractivity contribution in [1.29, 1.82) is 0 Å². The quantitative estimate of drug-likeness (QED) is 0.716. The first-order valence-electron chi connectivity index (χ1n) is 6.59. The van der Waals surface area contributed by atoms with Crippen LogP contribution in [-0.4, -0.2) is 23.9 Å². The lowest BCUT2D eigenvalue weighted by Crippen LogP contribution is -2.36. The highest BCUT2D eigenvalue weighted by molar-refractivity contribution is 6.33. The minimum Gasteiger partial charge on any atom is -0.338 e. The second kappa shape index (κ2) is 4.97. The first-order valence-corrected chi connectivity index (χ1v) is 6.97. The summed E-state index contributed by atoms with van der Waals surface area (Å²) >= 11 is 5.94. The van der Waals surface area contributed by atoms with Gasteiger partial charge < -0.3 is 4.90 Å². The Hall–Kier alpha value is -1.35. The van der Waals surface area contributed by atoms with Crippen LogP contribution in [0.4, 0.5) is 4.39 Å². The van der Waals surface area contributed by atoms with Gasteiger partial charge in [-0.25, -0.2) is 4.39 Å². The number of carbonyl (C=O) groups is 1. The second-order valence-corrected chi connectivity index (χ2v) is 5.53. The highest BCUT2D eigenvalue weighted by Gasteiger charge is 2.25. The van der Waals surface area contributed by atoms with Crippen molar-refractivity contribution >= 4 is 17.5 Å². The lowest BCUT2D eigenvalue weighted by atomic mass is 10.0. The normalized spacial score (nSPS) is 18.7. The van der Waals surface area contributed by atoms with Crippen LogP contribution in [0.2, 0.25) is 5.02 Å². The Morgan fingerprint density at radius 1 is 1.11 bits per heavy atom. The van der Waals surface area contributed by atoms with Crippen LogP contribution in [-0.2, 0) is 0 Å². The van der Waals surface area contributed by atoms with Crippen molar-refractivity contribution in [3.8, 4) is 0 Å². The zero-order valence-electron chi connectivity index (χ0n) is 10.6. The number of likely N-dealkylation sites (tertiary alicyclic amines) is 1. The third-order valence-corrected chi connectivity index (χ3v) is 4.13. The molecule has 1 aromatic carbocycles. The molecule has 0 unspecified atom stereocenters. The van der Waals surface area contributed by atoms with Gasteiger partial charge in [0.1, 0.15) is 5.82 Å². The van der Waals surface area contributed by atoms with Gasteiger partial charge in [0.15, 0.2) is 0 Å². The van der Waals surface area contributed by atoms with E-state index in [0.29, 0.717) is 5.56 Å². The maximum absolute atomic E-state index is 13.0. The first-order chi connectivity index (χ1) is 9.15. The Morgan fingerprint density at radius 3 is 2.32 bits per heavy atom. The predicted octanol–water partition coefficient (Wildman–Crippen LogP) is 3.81. The monoisotopic (exact) mass is 279 g/mol. The molecule has 1 amide bonds. The molecule has 0 N–H and O–H groups in total. The van der Waals surface area contributed by atoms with Gasteiger partial charge in [0.05, 0.1) is 10.6 Å². The van der Waals surface area contributed by atoms with Gasteiger partial charge in [0, 0.05) is 13.1 Å². The number of amides is 1. The molecular weight excluding hydrogens is 265 g/mol. The van der Waals surface area contributed by atoms with Crippen LogP contribution in [0.5, 0.6) is 0 Å². The lowest BCUT2D eigenvalue weighted by Gasteiger charge is -2.29. The summed E-state index contributed by atoms with van der Waals surface area (Å²) < 4.78 is 13.0. The van der Waals surface area contributed by atoms with Gasteiger partial charge in [-0.1, -0.05) is 22.7 Å². The summed E-state index contributed by atoms with van der Waals surface area (Å²) in [4.78, 5) is 14.1. The fourth-order valence-electron chi connectivity index (χ4n) is 2.58. The number of carbonyl (C=O) groups excluding carboxylic acids is 1. The number of benzene rings is 1. The minimum absolute atomic E-state index is 0.0927. The van der Waals surface area contributed by atoms with E-state index in [-0.39, 0.29) is 10.9 Å². The standard InChI is InChI=1S/C15H15ClFNO/c16-14-9-12(17)3-4-13(14)15(19)18-7-5-11(6-8-18)10-1-2-10/h3-4,9H,1-2,5-8H2. The Kier molecular flexibility index (Phi) is 3.31. The third kappa shape index (κ3) is 2.66. The zero-order chi connectivity index (χ0) is 13.4. The van der Waals surface area contributed by atoms with Gasteiger partial charge in [0.25, 0.3) is 5.91 Å². The van der Waals surface area contributed by atoms with Crippen LogP contribution in [0, 0.1) is 5.82 Å². The van der Waals surface area contributed by atoms with Gasteiger partial charge >= 0.3 is 0 Å². The highest BCUT2D eigenvalue weighted by atomic mass is 35.5. The molecule has 1 aliphatic carbocycles. The Morgan fingerprint density at radius 2 is 1.74 bits per heavy atom. The van der Waals surface area contributed by atoms with E-state index in [2.05, 4.69) is 0 Å². The SMILES string of the molecule is O=C(c1ccc(F)cc1Cl)N1CCC(=C2CC2)CC1. The van der Waals surface area contributed by atoms with Crippen LogP contribution < -0.4 is 0 Å². The average molecular weight is 280 g/mol. The average Bonchev–Trinajstić information content (AvgIpc) is 3.22. The summed E-state index contributed by atoms with van der Waals surface area (Å²) in [6, 6.07) is 3.94. The maximum Gasteiger partial charge on any atom is 0.255 e. The molecule has 1 aliphatic heterocycles. The molecule has 19 heavy (non-hydrogen) atoms.